The fourth-order valence-corrected chi connectivity index (χ4v) is 2.80. The van der Waals surface area contributed by atoms with Crippen molar-refractivity contribution in [3.63, 3.8) is 0 Å². The molecule has 1 aromatic heterocycles. The van der Waals surface area contributed by atoms with Crippen molar-refractivity contribution in [2.45, 2.75) is 13.0 Å². The van der Waals surface area contributed by atoms with Crippen LogP contribution >= 0.6 is 15.9 Å². The average molecular weight is 396 g/mol. The number of amides is 1. The number of nitrogens with one attached hydrogen (secondary N) is 2. The maximum atomic E-state index is 12.3. The van der Waals surface area contributed by atoms with Crippen molar-refractivity contribution < 1.29 is 4.79 Å². The molecular formula is C20H18BrN3O. The molecule has 0 saturated heterocycles. The highest BCUT2D eigenvalue weighted by atomic mass is 79.9. The molecule has 0 spiro atoms. The quantitative estimate of drug-likeness (QED) is 0.618. The topological polar surface area (TPSA) is 54.0 Å². The molecule has 0 aliphatic heterocycles. The van der Waals surface area contributed by atoms with Crippen LogP contribution in [0.1, 0.15) is 28.9 Å². The van der Waals surface area contributed by atoms with Gasteiger partial charge in [0.05, 0.1) is 11.3 Å². The summed E-state index contributed by atoms with van der Waals surface area (Å²) in [7, 11) is 0. The first kappa shape index (κ1) is 17.2. The van der Waals surface area contributed by atoms with Gasteiger partial charge in [0, 0.05) is 16.7 Å². The van der Waals surface area contributed by atoms with E-state index in [-0.39, 0.29) is 11.9 Å². The van der Waals surface area contributed by atoms with E-state index in [0.29, 0.717) is 5.56 Å². The van der Waals surface area contributed by atoms with Gasteiger partial charge < -0.3 is 10.6 Å². The first-order chi connectivity index (χ1) is 12.1. The van der Waals surface area contributed by atoms with Gasteiger partial charge in [0.15, 0.2) is 0 Å². The van der Waals surface area contributed by atoms with E-state index in [0.717, 1.165) is 16.0 Å². The van der Waals surface area contributed by atoms with Crippen molar-refractivity contribution in [3.05, 3.63) is 88.5 Å². The molecular weight excluding hydrogens is 378 g/mol. The number of para-hydroxylation sites is 1. The van der Waals surface area contributed by atoms with Gasteiger partial charge in [-0.25, -0.2) is 4.98 Å². The highest BCUT2D eigenvalue weighted by Crippen LogP contribution is 2.22. The van der Waals surface area contributed by atoms with Gasteiger partial charge in [-0.3, -0.25) is 4.79 Å². The molecule has 1 atom stereocenters. The Labute approximate surface area is 155 Å². The molecule has 5 heteroatoms. The number of pyridine rings is 1. The highest BCUT2D eigenvalue weighted by molar-refractivity contribution is 9.10. The van der Waals surface area contributed by atoms with E-state index >= 15 is 0 Å². The minimum absolute atomic E-state index is 0.133. The van der Waals surface area contributed by atoms with Crippen molar-refractivity contribution in [2.75, 3.05) is 10.6 Å². The number of rotatable bonds is 5. The van der Waals surface area contributed by atoms with E-state index in [1.54, 1.807) is 12.3 Å². The summed E-state index contributed by atoms with van der Waals surface area (Å²) in [5.74, 6) is 0.538. The van der Waals surface area contributed by atoms with Crippen LogP contribution in [0.2, 0.25) is 0 Å². The predicted octanol–water partition coefficient (Wildman–Crippen LogP) is 5.27. The third-order valence-corrected chi connectivity index (χ3v) is 4.50. The van der Waals surface area contributed by atoms with Crippen LogP contribution < -0.4 is 10.6 Å². The lowest BCUT2D eigenvalue weighted by molar-refractivity contribution is 0.102. The number of carbonyl (C=O) groups excluding carboxylic acids is 1. The fourth-order valence-electron chi connectivity index (χ4n) is 2.42. The summed E-state index contributed by atoms with van der Waals surface area (Å²) in [6.07, 6.45) is 1.58. The minimum atomic E-state index is -0.193. The van der Waals surface area contributed by atoms with Crippen molar-refractivity contribution >= 4 is 33.3 Å². The molecule has 0 fully saturated rings. The molecule has 1 amide bonds. The first-order valence-electron chi connectivity index (χ1n) is 7.97. The van der Waals surface area contributed by atoms with Crippen molar-refractivity contribution in [2.24, 2.45) is 0 Å². The first-order valence-corrected chi connectivity index (χ1v) is 8.76. The van der Waals surface area contributed by atoms with Crippen LogP contribution in [0.25, 0.3) is 0 Å². The van der Waals surface area contributed by atoms with Crippen molar-refractivity contribution in [3.8, 4) is 0 Å². The zero-order valence-electron chi connectivity index (χ0n) is 13.7. The molecule has 4 nitrogen and oxygen atoms in total. The van der Waals surface area contributed by atoms with Gasteiger partial charge in [0.25, 0.3) is 5.91 Å². The molecule has 2 N–H and O–H groups in total. The summed E-state index contributed by atoms with van der Waals surface area (Å²) in [6, 6.07) is 21.3. The van der Waals surface area contributed by atoms with Crippen LogP contribution in [0.5, 0.6) is 0 Å². The molecule has 0 radical (unpaired) electrons. The summed E-state index contributed by atoms with van der Waals surface area (Å²) < 4.78 is 0.839. The number of halogens is 1. The zero-order valence-corrected chi connectivity index (χ0v) is 15.3. The average Bonchev–Trinajstić information content (AvgIpc) is 2.65. The fraction of sp³-hybridized carbons (Fsp3) is 0.100. The Kier molecular flexibility index (Phi) is 5.46. The van der Waals surface area contributed by atoms with Gasteiger partial charge >= 0.3 is 0 Å². The summed E-state index contributed by atoms with van der Waals surface area (Å²) in [5.41, 5.74) is 2.42. The molecule has 0 bridgehead atoms. The molecule has 126 valence electrons. The summed E-state index contributed by atoms with van der Waals surface area (Å²) in [4.78, 5) is 16.7. The third-order valence-electron chi connectivity index (χ3n) is 3.81. The normalized spacial score (nSPS) is 11.6. The number of carbonyl (C=O) groups is 1. The Morgan fingerprint density at radius 2 is 1.72 bits per heavy atom. The third kappa shape index (κ3) is 4.45. The minimum Gasteiger partial charge on any atom is -0.364 e. The van der Waals surface area contributed by atoms with E-state index in [1.165, 1.54) is 5.56 Å². The molecule has 3 rings (SSSR count). The lowest BCUT2D eigenvalue weighted by atomic mass is 10.1. The van der Waals surface area contributed by atoms with Crippen LogP contribution in [-0.4, -0.2) is 10.9 Å². The highest BCUT2D eigenvalue weighted by Gasteiger charge is 2.10. The maximum absolute atomic E-state index is 12.3. The number of anilines is 2. The number of hydrogen-bond donors (Lipinski definition) is 2. The maximum Gasteiger partial charge on any atom is 0.257 e. The molecule has 3 aromatic rings. The lowest BCUT2D eigenvalue weighted by Crippen LogP contribution is -2.13. The largest absolute Gasteiger partial charge is 0.364 e. The summed E-state index contributed by atoms with van der Waals surface area (Å²) in [5, 5.41) is 6.20. The molecule has 25 heavy (non-hydrogen) atoms. The predicted molar refractivity (Wildman–Crippen MR) is 105 cm³/mol. The standard InChI is InChI=1S/C20H18BrN3O/c1-14(15-7-3-2-4-8-15)23-19-12-11-16(13-22-19)20(25)24-18-10-6-5-9-17(18)21/h2-14H,1H3,(H,22,23)(H,24,25). The summed E-state index contributed by atoms with van der Waals surface area (Å²) >= 11 is 3.42. The Bertz CT molecular complexity index is 850. The molecule has 0 saturated carbocycles. The Morgan fingerprint density at radius 3 is 2.40 bits per heavy atom. The number of benzene rings is 2. The van der Waals surface area contributed by atoms with Crippen molar-refractivity contribution in [1.29, 1.82) is 0 Å². The number of nitrogens with zero attached hydrogens (tertiary/aromatic N) is 1. The second-order valence-corrected chi connectivity index (χ2v) is 6.50. The molecule has 1 heterocycles. The van der Waals surface area contributed by atoms with Crippen LogP contribution in [0, 0.1) is 0 Å². The Morgan fingerprint density at radius 1 is 1.00 bits per heavy atom. The molecule has 0 aliphatic carbocycles. The van der Waals surface area contributed by atoms with Gasteiger partial charge in [-0.2, -0.15) is 0 Å². The van der Waals surface area contributed by atoms with E-state index in [9.17, 15) is 4.79 Å². The van der Waals surface area contributed by atoms with Gasteiger partial charge in [0.1, 0.15) is 5.82 Å². The van der Waals surface area contributed by atoms with Gasteiger partial charge in [0.2, 0.25) is 0 Å². The Hall–Kier alpha value is -2.66. The van der Waals surface area contributed by atoms with Crippen LogP contribution in [0.3, 0.4) is 0 Å². The number of hydrogen-bond acceptors (Lipinski definition) is 3. The molecule has 1 unspecified atom stereocenters. The summed E-state index contributed by atoms with van der Waals surface area (Å²) in [6.45, 7) is 2.07. The molecule has 2 aromatic carbocycles. The van der Waals surface area contributed by atoms with Crippen LogP contribution in [0.4, 0.5) is 11.5 Å². The van der Waals surface area contributed by atoms with Gasteiger partial charge in [-0.1, -0.05) is 42.5 Å². The monoisotopic (exact) mass is 395 g/mol. The number of aromatic nitrogens is 1. The lowest BCUT2D eigenvalue weighted by Gasteiger charge is -2.15. The second-order valence-electron chi connectivity index (χ2n) is 5.64. The van der Waals surface area contributed by atoms with E-state index in [4.69, 9.17) is 0 Å². The van der Waals surface area contributed by atoms with E-state index in [1.807, 2.05) is 48.5 Å². The zero-order chi connectivity index (χ0) is 17.6. The van der Waals surface area contributed by atoms with Crippen molar-refractivity contribution in [1.82, 2.24) is 4.98 Å². The Balaban J connectivity index is 1.66. The van der Waals surface area contributed by atoms with Crippen LogP contribution in [0.15, 0.2) is 77.4 Å². The van der Waals surface area contributed by atoms with Gasteiger partial charge in [-0.05, 0) is 52.7 Å². The smallest absolute Gasteiger partial charge is 0.257 e. The SMILES string of the molecule is CC(Nc1ccc(C(=O)Nc2ccccc2Br)cn1)c1ccccc1. The van der Waals surface area contributed by atoms with E-state index in [2.05, 4.69) is 50.6 Å². The molecule has 0 aliphatic rings. The van der Waals surface area contributed by atoms with Gasteiger partial charge in [-0.15, -0.1) is 0 Å². The van der Waals surface area contributed by atoms with Crippen LogP contribution in [-0.2, 0) is 0 Å². The second kappa shape index (κ2) is 7.94. The van der Waals surface area contributed by atoms with E-state index < -0.39 is 0 Å².